The molecule has 2 aliphatic rings. The van der Waals surface area contributed by atoms with Crippen LogP contribution in [0.15, 0.2) is 41.8 Å². The Labute approximate surface area is 211 Å². The minimum absolute atomic E-state index is 0.0904. The Balaban J connectivity index is 1.21. The molecule has 0 spiro atoms. The molecule has 6 nitrogen and oxygen atoms in total. The first-order chi connectivity index (χ1) is 16.9. The zero-order chi connectivity index (χ0) is 24.5. The maximum absolute atomic E-state index is 14.1. The van der Waals surface area contributed by atoms with Crippen LogP contribution < -0.4 is 5.32 Å². The van der Waals surface area contributed by atoms with Crippen LogP contribution in [0.3, 0.4) is 0 Å². The number of amides is 2. The first-order valence-corrected chi connectivity index (χ1v) is 12.8. The van der Waals surface area contributed by atoms with E-state index in [2.05, 4.69) is 10.3 Å². The van der Waals surface area contributed by atoms with Gasteiger partial charge >= 0.3 is 0 Å². The number of Topliss-reactive ketones (excluding diaryl/α,β-unsaturated/α-hetero) is 1. The number of aromatic nitrogens is 1. The van der Waals surface area contributed by atoms with Crippen LogP contribution >= 0.6 is 22.9 Å². The molecule has 3 aromatic rings. The van der Waals surface area contributed by atoms with Crippen molar-refractivity contribution in [2.75, 3.05) is 18.4 Å². The van der Waals surface area contributed by atoms with E-state index in [0.29, 0.717) is 43.7 Å². The second-order valence-electron chi connectivity index (χ2n) is 8.84. The summed E-state index contributed by atoms with van der Waals surface area (Å²) in [7, 11) is 0. The molecule has 2 heterocycles. The molecule has 0 unspecified atom stereocenters. The van der Waals surface area contributed by atoms with Gasteiger partial charge < -0.3 is 10.2 Å². The molecular formula is C26H23ClFN3O3S. The third kappa shape index (κ3) is 4.86. The predicted molar refractivity (Wildman–Crippen MR) is 133 cm³/mol. The van der Waals surface area contributed by atoms with Gasteiger partial charge in [0.2, 0.25) is 0 Å². The van der Waals surface area contributed by atoms with Crippen LogP contribution in [-0.2, 0) is 6.42 Å². The Morgan fingerprint density at radius 3 is 2.71 bits per heavy atom. The average molecular weight is 512 g/mol. The number of carbonyl (C=O) groups excluding carboxylic acids is 3. The Morgan fingerprint density at radius 1 is 1.14 bits per heavy atom. The lowest BCUT2D eigenvalue weighted by Gasteiger charge is -2.31. The number of nitrogens with one attached hydrogen (secondary N) is 1. The molecule has 1 fully saturated rings. The van der Waals surface area contributed by atoms with Crippen LogP contribution in [0, 0.1) is 5.82 Å². The minimum atomic E-state index is -0.620. The smallest absolute Gasteiger partial charge is 0.275 e. The van der Waals surface area contributed by atoms with E-state index >= 15 is 0 Å². The van der Waals surface area contributed by atoms with Gasteiger partial charge in [-0.1, -0.05) is 17.7 Å². The number of carbonyl (C=O) groups is 3. The SMILES string of the molecule is O=C(Nc1ccc2c(c1)CCCC2=O)c1csc(C2CCN(C(=O)c3c(F)cccc3Cl)CC2)n1. The number of aryl methyl sites for hydroxylation is 1. The number of hydrogen-bond donors (Lipinski definition) is 1. The molecule has 35 heavy (non-hydrogen) atoms. The van der Waals surface area contributed by atoms with Gasteiger partial charge in [-0.3, -0.25) is 14.4 Å². The van der Waals surface area contributed by atoms with E-state index in [-0.39, 0.29) is 28.2 Å². The second kappa shape index (κ2) is 9.87. The maximum atomic E-state index is 14.1. The number of fused-ring (bicyclic) bond motifs is 1. The number of halogens is 2. The number of anilines is 1. The molecule has 5 rings (SSSR count). The fraction of sp³-hybridized carbons (Fsp3) is 0.308. The van der Waals surface area contributed by atoms with Crippen LogP contribution in [-0.4, -0.2) is 40.6 Å². The Kier molecular flexibility index (Phi) is 6.67. The molecule has 0 atom stereocenters. The van der Waals surface area contributed by atoms with E-state index in [9.17, 15) is 18.8 Å². The lowest BCUT2D eigenvalue weighted by molar-refractivity contribution is 0.0708. The first-order valence-electron chi connectivity index (χ1n) is 11.6. The monoisotopic (exact) mass is 511 g/mol. The van der Waals surface area contributed by atoms with Gasteiger partial charge in [-0.15, -0.1) is 11.3 Å². The van der Waals surface area contributed by atoms with Crippen LogP contribution in [0.1, 0.15) is 73.4 Å². The van der Waals surface area contributed by atoms with E-state index in [1.54, 1.807) is 22.4 Å². The molecule has 1 N–H and O–H groups in total. The number of rotatable bonds is 4. The molecule has 180 valence electrons. The van der Waals surface area contributed by atoms with E-state index < -0.39 is 11.7 Å². The lowest BCUT2D eigenvalue weighted by atomic mass is 9.90. The number of likely N-dealkylation sites (tertiary alicyclic amines) is 1. The molecular weight excluding hydrogens is 489 g/mol. The Hall–Kier alpha value is -3.10. The highest BCUT2D eigenvalue weighted by Gasteiger charge is 2.29. The second-order valence-corrected chi connectivity index (χ2v) is 10.1. The van der Waals surface area contributed by atoms with Gasteiger partial charge in [0.15, 0.2) is 5.78 Å². The Bertz CT molecular complexity index is 1300. The largest absolute Gasteiger partial charge is 0.338 e. The number of ketones is 1. The molecule has 9 heteroatoms. The third-order valence-corrected chi connectivity index (χ3v) is 7.90. The van der Waals surface area contributed by atoms with Crippen LogP contribution in [0.4, 0.5) is 10.1 Å². The molecule has 1 aliphatic carbocycles. The number of piperidine rings is 1. The fourth-order valence-corrected chi connectivity index (χ4v) is 5.90. The van der Waals surface area contributed by atoms with Gasteiger partial charge in [-0.05, 0) is 61.6 Å². The third-order valence-electron chi connectivity index (χ3n) is 6.58. The van der Waals surface area contributed by atoms with Crippen LogP contribution in [0.5, 0.6) is 0 Å². The molecule has 0 saturated carbocycles. The van der Waals surface area contributed by atoms with Gasteiger partial charge in [0.25, 0.3) is 11.8 Å². The summed E-state index contributed by atoms with van der Waals surface area (Å²) < 4.78 is 14.1. The van der Waals surface area contributed by atoms with Crippen molar-refractivity contribution < 1.29 is 18.8 Å². The van der Waals surface area contributed by atoms with E-state index in [1.807, 2.05) is 6.07 Å². The number of hydrogen-bond acceptors (Lipinski definition) is 5. The zero-order valence-electron chi connectivity index (χ0n) is 18.9. The number of benzene rings is 2. The van der Waals surface area contributed by atoms with Crippen molar-refractivity contribution >= 4 is 46.2 Å². The fourth-order valence-electron chi connectivity index (χ4n) is 4.69. The highest BCUT2D eigenvalue weighted by molar-refractivity contribution is 7.10. The van der Waals surface area contributed by atoms with Gasteiger partial charge in [-0.25, -0.2) is 9.37 Å². The van der Waals surface area contributed by atoms with Gasteiger partial charge in [0.05, 0.1) is 15.6 Å². The summed E-state index contributed by atoms with van der Waals surface area (Å²) in [6.07, 6.45) is 3.58. The molecule has 0 radical (unpaired) electrons. The van der Waals surface area contributed by atoms with Crippen molar-refractivity contribution in [3.8, 4) is 0 Å². The summed E-state index contributed by atoms with van der Waals surface area (Å²) in [6, 6.07) is 9.62. The summed E-state index contributed by atoms with van der Waals surface area (Å²) in [4.78, 5) is 43.7. The van der Waals surface area contributed by atoms with E-state index in [4.69, 9.17) is 11.6 Å². The number of thiazole rings is 1. The van der Waals surface area contributed by atoms with Crippen molar-refractivity contribution in [1.82, 2.24) is 9.88 Å². The summed E-state index contributed by atoms with van der Waals surface area (Å²) in [5.74, 6) is -1.05. The van der Waals surface area contributed by atoms with Crippen LogP contribution in [0.2, 0.25) is 5.02 Å². The predicted octanol–water partition coefficient (Wildman–Crippen LogP) is 5.73. The van der Waals surface area contributed by atoms with Gasteiger partial charge in [0, 0.05) is 42.1 Å². The van der Waals surface area contributed by atoms with Crippen LogP contribution in [0.25, 0.3) is 0 Å². The molecule has 2 amide bonds. The van der Waals surface area contributed by atoms with E-state index in [1.165, 1.54) is 29.5 Å². The van der Waals surface area contributed by atoms with Crippen molar-refractivity contribution in [2.24, 2.45) is 0 Å². The van der Waals surface area contributed by atoms with E-state index in [0.717, 1.165) is 29.0 Å². The Morgan fingerprint density at radius 2 is 1.94 bits per heavy atom. The highest BCUT2D eigenvalue weighted by Crippen LogP contribution is 2.32. The highest BCUT2D eigenvalue weighted by atomic mass is 35.5. The number of nitrogens with zero attached hydrogens (tertiary/aromatic N) is 2. The van der Waals surface area contributed by atoms with Crippen molar-refractivity contribution in [3.63, 3.8) is 0 Å². The summed E-state index contributed by atoms with van der Waals surface area (Å²) in [5.41, 5.74) is 2.61. The lowest BCUT2D eigenvalue weighted by Crippen LogP contribution is -2.38. The van der Waals surface area contributed by atoms with Crippen molar-refractivity contribution in [2.45, 2.75) is 38.0 Å². The molecule has 1 saturated heterocycles. The quantitative estimate of drug-likeness (QED) is 0.485. The summed E-state index contributed by atoms with van der Waals surface area (Å²) in [5, 5.41) is 5.58. The normalized spacial score (nSPS) is 16.2. The summed E-state index contributed by atoms with van der Waals surface area (Å²) in [6.45, 7) is 0.923. The molecule has 0 bridgehead atoms. The van der Waals surface area contributed by atoms with Crippen molar-refractivity contribution in [1.29, 1.82) is 0 Å². The first kappa shape index (κ1) is 23.6. The van der Waals surface area contributed by atoms with Gasteiger partial charge in [0.1, 0.15) is 11.5 Å². The minimum Gasteiger partial charge on any atom is -0.338 e. The standard InChI is InChI=1S/C26H23ClFN3O3S/c27-19-4-2-5-20(28)23(19)26(34)31-11-9-15(10-12-31)25-30-21(14-35-25)24(33)29-17-7-8-18-16(13-17)3-1-6-22(18)32/h2,4-5,7-8,13-15H,1,3,6,9-12H2,(H,29,33). The average Bonchev–Trinajstić information content (AvgIpc) is 3.35. The molecule has 1 aliphatic heterocycles. The van der Waals surface area contributed by atoms with Crippen molar-refractivity contribution in [3.05, 3.63) is 80.0 Å². The summed E-state index contributed by atoms with van der Waals surface area (Å²) >= 11 is 7.48. The topological polar surface area (TPSA) is 79.4 Å². The maximum Gasteiger partial charge on any atom is 0.275 e. The van der Waals surface area contributed by atoms with Gasteiger partial charge in [-0.2, -0.15) is 0 Å². The zero-order valence-corrected chi connectivity index (χ0v) is 20.4. The molecule has 2 aromatic carbocycles. The molecule has 1 aromatic heterocycles.